The molecule has 0 spiro atoms. The van der Waals surface area contributed by atoms with Crippen LogP contribution in [0.15, 0.2) is 40.2 Å². The van der Waals surface area contributed by atoms with E-state index in [1.54, 1.807) is 11.3 Å². The van der Waals surface area contributed by atoms with E-state index < -0.39 is 0 Å². The Morgan fingerprint density at radius 1 is 1.18 bits per heavy atom. The summed E-state index contributed by atoms with van der Waals surface area (Å²) in [5, 5.41) is 5.79. The fraction of sp³-hybridized carbons (Fsp3) is 0.0833. The first-order chi connectivity index (χ1) is 8.33. The van der Waals surface area contributed by atoms with Crippen LogP contribution in [-0.2, 0) is 6.54 Å². The van der Waals surface area contributed by atoms with Crippen LogP contribution in [-0.4, -0.2) is 4.37 Å². The summed E-state index contributed by atoms with van der Waals surface area (Å²) < 4.78 is 5.58. The van der Waals surface area contributed by atoms with Crippen LogP contribution in [0.4, 0.5) is 5.00 Å². The lowest BCUT2D eigenvalue weighted by molar-refractivity contribution is 1.21. The summed E-state index contributed by atoms with van der Waals surface area (Å²) in [7, 11) is 0. The Labute approximate surface area is 116 Å². The van der Waals surface area contributed by atoms with Gasteiger partial charge in [-0.25, -0.2) is 0 Å². The van der Waals surface area contributed by atoms with Crippen molar-refractivity contribution in [3.63, 3.8) is 0 Å². The zero-order valence-corrected chi connectivity index (χ0v) is 12.0. The molecule has 3 rings (SSSR count). The monoisotopic (exact) mass is 324 g/mol. The number of benzene rings is 1. The van der Waals surface area contributed by atoms with Crippen LogP contribution in [0.2, 0.25) is 0 Å². The Bertz CT molecular complexity index is 645. The Hall–Kier alpha value is -0.910. The van der Waals surface area contributed by atoms with E-state index in [0.717, 1.165) is 17.1 Å². The second-order valence-electron chi connectivity index (χ2n) is 3.59. The summed E-state index contributed by atoms with van der Waals surface area (Å²) in [6, 6.07) is 12.4. The van der Waals surface area contributed by atoms with Crippen molar-refractivity contribution in [2.24, 2.45) is 0 Å². The maximum absolute atomic E-state index is 4.41. The van der Waals surface area contributed by atoms with Crippen LogP contribution in [0.1, 0.15) is 4.88 Å². The van der Waals surface area contributed by atoms with Gasteiger partial charge in [-0.3, -0.25) is 0 Å². The van der Waals surface area contributed by atoms with Crippen LogP contribution < -0.4 is 5.32 Å². The van der Waals surface area contributed by atoms with Crippen LogP contribution in [0.3, 0.4) is 0 Å². The molecule has 2 aromatic heterocycles. The molecule has 0 bridgehead atoms. The van der Waals surface area contributed by atoms with Crippen molar-refractivity contribution < 1.29 is 0 Å². The lowest BCUT2D eigenvalue weighted by Crippen LogP contribution is -1.94. The van der Waals surface area contributed by atoms with Gasteiger partial charge >= 0.3 is 0 Å². The fourth-order valence-corrected chi connectivity index (χ4v) is 3.81. The molecule has 2 nitrogen and oxygen atoms in total. The summed E-state index contributed by atoms with van der Waals surface area (Å²) in [6.45, 7) is 0.850. The molecule has 0 aliphatic rings. The topological polar surface area (TPSA) is 24.9 Å². The molecule has 0 saturated heterocycles. The molecule has 3 aromatic rings. The van der Waals surface area contributed by atoms with E-state index >= 15 is 0 Å². The summed E-state index contributed by atoms with van der Waals surface area (Å²) in [6.07, 6.45) is 0. The molecule has 0 saturated carbocycles. The molecule has 0 aliphatic heterocycles. The molecule has 0 fully saturated rings. The quantitative estimate of drug-likeness (QED) is 0.753. The zero-order chi connectivity index (χ0) is 11.7. The van der Waals surface area contributed by atoms with Gasteiger partial charge in [0.05, 0.1) is 15.8 Å². The van der Waals surface area contributed by atoms with Crippen molar-refractivity contribution in [3.8, 4) is 0 Å². The minimum atomic E-state index is 0.850. The molecular formula is C12H9BrN2S2. The first kappa shape index (κ1) is 11.2. The van der Waals surface area contributed by atoms with E-state index in [1.165, 1.54) is 25.6 Å². The molecular weight excluding hydrogens is 316 g/mol. The number of nitrogens with one attached hydrogen (secondary N) is 1. The van der Waals surface area contributed by atoms with Gasteiger partial charge in [-0.2, -0.15) is 4.37 Å². The van der Waals surface area contributed by atoms with Gasteiger partial charge in [-0.05, 0) is 51.7 Å². The summed E-state index contributed by atoms with van der Waals surface area (Å²) in [4.78, 5) is 1.31. The van der Waals surface area contributed by atoms with Gasteiger partial charge < -0.3 is 5.32 Å². The molecule has 0 atom stereocenters. The lowest BCUT2D eigenvalue weighted by Gasteiger charge is -2.00. The van der Waals surface area contributed by atoms with Gasteiger partial charge in [0.2, 0.25) is 0 Å². The molecule has 2 heterocycles. The van der Waals surface area contributed by atoms with Crippen LogP contribution in [0, 0.1) is 0 Å². The lowest BCUT2D eigenvalue weighted by atomic mass is 10.2. The van der Waals surface area contributed by atoms with Gasteiger partial charge in [0.1, 0.15) is 5.00 Å². The number of anilines is 1. The van der Waals surface area contributed by atoms with Gasteiger partial charge in [0, 0.05) is 10.3 Å². The second kappa shape index (κ2) is 4.76. The van der Waals surface area contributed by atoms with E-state index in [1.807, 2.05) is 18.2 Å². The van der Waals surface area contributed by atoms with Gasteiger partial charge in [0.15, 0.2) is 0 Å². The van der Waals surface area contributed by atoms with Crippen molar-refractivity contribution in [1.82, 2.24) is 4.37 Å². The molecule has 0 aliphatic carbocycles. The van der Waals surface area contributed by atoms with E-state index in [-0.39, 0.29) is 0 Å². The number of fused-ring (bicyclic) bond motifs is 1. The van der Waals surface area contributed by atoms with Crippen molar-refractivity contribution in [3.05, 3.63) is 45.1 Å². The number of nitrogens with zero attached hydrogens (tertiary/aromatic N) is 1. The summed E-state index contributed by atoms with van der Waals surface area (Å²) in [5.41, 5.74) is 1.06. The number of aromatic nitrogens is 1. The van der Waals surface area contributed by atoms with Crippen molar-refractivity contribution in [1.29, 1.82) is 0 Å². The largest absolute Gasteiger partial charge is 0.370 e. The smallest absolute Gasteiger partial charge is 0.117 e. The van der Waals surface area contributed by atoms with Crippen molar-refractivity contribution in [2.75, 3.05) is 5.32 Å². The normalized spacial score (nSPS) is 10.9. The summed E-state index contributed by atoms with van der Waals surface area (Å²) >= 11 is 6.75. The molecule has 0 amide bonds. The Morgan fingerprint density at radius 3 is 2.88 bits per heavy atom. The predicted octanol–water partition coefficient (Wildman–Crippen LogP) is 4.73. The fourth-order valence-electron chi connectivity index (χ4n) is 1.63. The Kier molecular flexibility index (Phi) is 3.13. The number of thiophene rings is 1. The van der Waals surface area contributed by atoms with Crippen molar-refractivity contribution >= 4 is 54.7 Å². The Morgan fingerprint density at radius 2 is 2.06 bits per heavy atom. The first-order valence-electron chi connectivity index (χ1n) is 5.15. The SMILES string of the molecule is Brc1ccc(CNc2snc3ccccc23)s1. The van der Waals surface area contributed by atoms with E-state index in [0.29, 0.717) is 0 Å². The number of halogens is 1. The average Bonchev–Trinajstić information content (AvgIpc) is 2.93. The van der Waals surface area contributed by atoms with Gasteiger partial charge in [-0.15, -0.1) is 11.3 Å². The van der Waals surface area contributed by atoms with E-state index in [4.69, 9.17) is 0 Å². The minimum absolute atomic E-state index is 0.850. The van der Waals surface area contributed by atoms with Gasteiger partial charge in [-0.1, -0.05) is 12.1 Å². The third-order valence-electron chi connectivity index (χ3n) is 2.44. The third kappa shape index (κ3) is 2.36. The highest BCUT2D eigenvalue weighted by Crippen LogP contribution is 2.29. The summed E-state index contributed by atoms with van der Waals surface area (Å²) in [5.74, 6) is 0. The Balaban J connectivity index is 1.81. The number of hydrogen-bond acceptors (Lipinski definition) is 4. The average molecular weight is 325 g/mol. The first-order valence-corrected chi connectivity index (χ1v) is 7.54. The van der Waals surface area contributed by atoms with Crippen LogP contribution in [0.5, 0.6) is 0 Å². The minimum Gasteiger partial charge on any atom is -0.370 e. The molecule has 1 aromatic carbocycles. The highest BCUT2D eigenvalue weighted by atomic mass is 79.9. The third-order valence-corrected chi connectivity index (χ3v) is 4.89. The molecule has 86 valence electrons. The molecule has 17 heavy (non-hydrogen) atoms. The maximum atomic E-state index is 4.41. The van der Waals surface area contributed by atoms with Crippen molar-refractivity contribution in [2.45, 2.75) is 6.54 Å². The van der Waals surface area contributed by atoms with Gasteiger partial charge in [0.25, 0.3) is 0 Å². The number of hydrogen-bond donors (Lipinski definition) is 1. The predicted molar refractivity (Wildman–Crippen MR) is 79.0 cm³/mol. The molecule has 1 N–H and O–H groups in total. The second-order valence-corrected chi connectivity index (χ2v) is 6.91. The highest BCUT2D eigenvalue weighted by molar-refractivity contribution is 9.11. The molecule has 0 radical (unpaired) electrons. The van der Waals surface area contributed by atoms with Crippen LogP contribution in [0.25, 0.3) is 10.9 Å². The number of rotatable bonds is 3. The van der Waals surface area contributed by atoms with E-state index in [9.17, 15) is 0 Å². The van der Waals surface area contributed by atoms with E-state index in [2.05, 4.69) is 43.8 Å². The van der Waals surface area contributed by atoms with Crippen LogP contribution >= 0.6 is 38.8 Å². The standard InChI is InChI=1S/C12H9BrN2S2/c13-11-6-5-8(16-11)7-14-12-9-3-1-2-4-10(9)15-17-12/h1-6,14H,7H2. The molecule has 0 unspecified atom stereocenters. The molecule has 5 heteroatoms. The highest BCUT2D eigenvalue weighted by Gasteiger charge is 2.05. The zero-order valence-electron chi connectivity index (χ0n) is 8.81. The maximum Gasteiger partial charge on any atom is 0.117 e.